The molecule has 0 amide bonds. The fourth-order valence-corrected chi connectivity index (χ4v) is 7.28. The Morgan fingerprint density at radius 1 is 1.16 bits per heavy atom. The van der Waals surface area contributed by atoms with Crippen LogP contribution < -0.4 is 0 Å². The molecule has 0 unspecified atom stereocenters. The van der Waals surface area contributed by atoms with Crippen molar-refractivity contribution >= 4 is 5.78 Å². The van der Waals surface area contributed by atoms with Crippen molar-refractivity contribution in [3.8, 4) is 0 Å². The van der Waals surface area contributed by atoms with Crippen molar-refractivity contribution in [2.24, 2.45) is 28.6 Å². The molecule has 4 heteroatoms. The Balaban J connectivity index is 1.76. The molecule has 4 rings (SSSR count). The zero-order valence-electron chi connectivity index (χ0n) is 15.7. The van der Waals surface area contributed by atoms with Crippen LogP contribution in [-0.2, 0) is 4.79 Å². The molecule has 0 aromatic rings. The normalized spacial score (nSPS) is 55.0. The van der Waals surface area contributed by atoms with Crippen LogP contribution in [0.1, 0.15) is 65.7 Å². The van der Waals surface area contributed by atoms with Gasteiger partial charge in [-0.05, 0) is 69.1 Å². The topological polar surface area (TPSA) is 77.8 Å². The number of aliphatic hydroxyl groups excluding tert-OH is 2. The molecule has 0 heterocycles. The highest BCUT2D eigenvalue weighted by molar-refractivity contribution is 5.80. The number of fused-ring (bicyclic) bond motifs is 5. The van der Waals surface area contributed by atoms with E-state index in [0.717, 1.165) is 38.5 Å². The van der Waals surface area contributed by atoms with Gasteiger partial charge in [0.2, 0.25) is 0 Å². The van der Waals surface area contributed by atoms with Crippen LogP contribution in [0.3, 0.4) is 0 Å². The third kappa shape index (κ3) is 2.08. The van der Waals surface area contributed by atoms with Gasteiger partial charge in [-0.3, -0.25) is 4.79 Å². The number of aliphatic hydroxyl groups is 3. The summed E-state index contributed by atoms with van der Waals surface area (Å²) in [7, 11) is 0. The summed E-state index contributed by atoms with van der Waals surface area (Å²) in [6, 6.07) is 0. The number of ketones is 1. The maximum atomic E-state index is 12.2. The minimum absolute atomic E-state index is 0.00501. The quantitative estimate of drug-likeness (QED) is 0.637. The van der Waals surface area contributed by atoms with Crippen LogP contribution in [0.4, 0.5) is 0 Å². The van der Waals surface area contributed by atoms with Crippen LogP contribution >= 0.6 is 0 Å². The molecule has 4 aliphatic carbocycles. The van der Waals surface area contributed by atoms with Gasteiger partial charge in [0, 0.05) is 11.3 Å². The number of rotatable bonds is 1. The molecule has 0 saturated heterocycles. The predicted molar refractivity (Wildman–Crippen MR) is 94.7 cm³/mol. The molecule has 3 saturated carbocycles. The van der Waals surface area contributed by atoms with E-state index in [1.165, 1.54) is 5.57 Å². The van der Waals surface area contributed by atoms with Gasteiger partial charge in [0.15, 0.2) is 0 Å². The molecule has 0 aromatic carbocycles. The van der Waals surface area contributed by atoms with E-state index in [9.17, 15) is 20.1 Å². The van der Waals surface area contributed by atoms with E-state index in [2.05, 4.69) is 13.0 Å². The minimum atomic E-state index is -1.19. The zero-order chi connectivity index (χ0) is 18.2. The third-order valence-corrected chi connectivity index (χ3v) is 8.79. The van der Waals surface area contributed by atoms with Crippen LogP contribution in [0.2, 0.25) is 0 Å². The number of hydrogen-bond donors (Lipinski definition) is 3. The smallest absolute Gasteiger partial charge is 0.133 e. The molecule has 3 fully saturated rings. The summed E-state index contributed by atoms with van der Waals surface area (Å²) in [6.07, 6.45) is 6.56. The molecule has 25 heavy (non-hydrogen) atoms. The van der Waals surface area contributed by atoms with Gasteiger partial charge in [-0.2, -0.15) is 0 Å². The van der Waals surface area contributed by atoms with Gasteiger partial charge >= 0.3 is 0 Å². The Morgan fingerprint density at radius 2 is 1.88 bits per heavy atom. The lowest BCUT2D eigenvalue weighted by atomic mass is 9.45. The SMILES string of the molecule is CC(=O)[C@H]1C[C@H](O)[C@]2(O)[C@@H]3CC=C4C[C@@H](O)CC[C@]4(C)[C@H]3CC[C@]12C. The van der Waals surface area contributed by atoms with E-state index in [0.29, 0.717) is 12.3 Å². The molecular formula is C21H32O4. The maximum Gasteiger partial charge on any atom is 0.133 e. The van der Waals surface area contributed by atoms with Crippen LogP contribution in [0, 0.1) is 28.6 Å². The summed E-state index contributed by atoms with van der Waals surface area (Å²) in [5.41, 5.74) is -0.370. The molecule has 4 aliphatic rings. The summed E-state index contributed by atoms with van der Waals surface area (Å²) >= 11 is 0. The lowest BCUT2D eigenvalue weighted by Gasteiger charge is -2.61. The van der Waals surface area contributed by atoms with Gasteiger partial charge in [0.05, 0.1) is 17.8 Å². The van der Waals surface area contributed by atoms with Crippen LogP contribution in [0.15, 0.2) is 11.6 Å². The molecule has 0 aromatic heterocycles. The summed E-state index contributed by atoms with van der Waals surface area (Å²) in [6.45, 7) is 5.91. The summed E-state index contributed by atoms with van der Waals surface area (Å²) < 4.78 is 0. The van der Waals surface area contributed by atoms with Crippen LogP contribution in [0.5, 0.6) is 0 Å². The third-order valence-electron chi connectivity index (χ3n) is 8.79. The number of carbonyl (C=O) groups excluding carboxylic acids is 1. The number of allylic oxidation sites excluding steroid dienone is 1. The van der Waals surface area contributed by atoms with Crippen molar-refractivity contribution in [3.05, 3.63) is 11.6 Å². The van der Waals surface area contributed by atoms with Crippen LogP contribution in [-0.4, -0.2) is 38.9 Å². The van der Waals surface area contributed by atoms with Gasteiger partial charge in [0.1, 0.15) is 5.78 Å². The summed E-state index contributed by atoms with van der Waals surface area (Å²) in [5, 5.41) is 32.8. The van der Waals surface area contributed by atoms with E-state index >= 15 is 0 Å². The van der Waals surface area contributed by atoms with Gasteiger partial charge in [-0.1, -0.05) is 25.5 Å². The van der Waals surface area contributed by atoms with Gasteiger partial charge in [-0.25, -0.2) is 0 Å². The van der Waals surface area contributed by atoms with Crippen LogP contribution in [0.25, 0.3) is 0 Å². The lowest BCUT2D eigenvalue weighted by molar-refractivity contribution is -0.212. The van der Waals surface area contributed by atoms with E-state index in [-0.39, 0.29) is 29.1 Å². The molecule has 0 bridgehead atoms. The second kappa shape index (κ2) is 5.40. The number of hydrogen-bond acceptors (Lipinski definition) is 4. The second-order valence-electron chi connectivity index (χ2n) is 9.69. The monoisotopic (exact) mass is 348 g/mol. The van der Waals surface area contributed by atoms with Gasteiger partial charge in [-0.15, -0.1) is 0 Å². The average Bonchev–Trinajstić information content (AvgIpc) is 2.76. The Morgan fingerprint density at radius 3 is 2.56 bits per heavy atom. The molecule has 3 N–H and O–H groups in total. The van der Waals surface area contributed by atoms with Crippen molar-refractivity contribution in [1.29, 1.82) is 0 Å². The van der Waals surface area contributed by atoms with Crippen molar-refractivity contribution in [2.45, 2.75) is 83.5 Å². The summed E-state index contributed by atoms with van der Waals surface area (Å²) in [4.78, 5) is 12.2. The second-order valence-corrected chi connectivity index (χ2v) is 9.69. The van der Waals surface area contributed by atoms with Crippen molar-refractivity contribution in [3.63, 3.8) is 0 Å². The Labute approximate surface area is 150 Å². The largest absolute Gasteiger partial charge is 0.393 e. The average molecular weight is 348 g/mol. The number of Topliss-reactive ketones (excluding diaryl/α,β-unsaturated/α-hetero) is 1. The molecule has 0 spiro atoms. The first-order valence-electron chi connectivity index (χ1n) is 9.93. The molecular weight excluding hydrogens is 316 g/mol. The fourth-order valence-electron chi connectivity index (χ4n) is 7.28. The van der Waals surface area contributed by atoms with E-state index in [1.54, 1.807) is 6.92 Å². The predicted octanol–water partition coefficient (Wildman–Crippen LogP) is 2.60. The van der Waals surface area contributed by atoms with Crippen molar-refractivity contribution in [1.82, 2.24) is 0 Å². The fraction of sp³-hybridized carbons (Fsp3) is 0.857. The van der Waals surface area contributed by atoms with Gasteiger partial charge < -0.3 is 15.3 Å². The first-order valence-corrected chi connectivity index (χ1v) is 9.93. The molecule has 140 valence electrons. The maximum absolute atomic E-state index is 12.2. The van der Waals surface area contributed by atoms with E-state index < -0.39 is 17.1 Å². The molecule has 0 radical (unpaired) electrons. The first-order chi connectivity index (χ1) is 11.6. The van der Waals surface area contributed by atoms with E-state index in [4.69, 9.17) is 0 Å². The zero-order valence-corrected chi connectivity index (χ0v) is 15.7. The first kappa shape index (κ1) is 17.7. The Hall–Kier alpha value is -0.710. The highest BCUT2D eigenvalue weighted by atomic mass is 16.3. The Bertz CT molecular complexity index is 627. The standard InChI is InChI=1S/C21H32O4/c1-12(22)17-11-18(24)21(25)16-5-4-13-10-14(23)6-8-19(13,2)15(16)7-9-20(17,21)3/h4,14-18,23-25H,5-11H2,1-3H3/t14-,15-,16+,17+,18-,19-,20+,21+/m0/s1. The molecule has 4 nitrogen and oxygen atoms in total. The molecule has 0 aliphatic heterocycles. The molecule has 8 atom stereocenters. The van der Waals surface area contributed by atoms with Crippen molar-refractivity contribution in [2.75, 3.05) is 0 Å². The highest BCUT2D eigenvalue weighted by Gasteiger charge is 2.70. The minimum Gasteiger partial charge on any atom is -0.393 e. The Kier molecular flexibility index (Phi) is 3.82. The lowest BCUT2D eigenvalue weighted by Crippen LogP contribution is -2.64. The van der Waals surface area contributed by atoms with Gasteiger partial charge in [0.25, 0.3) is 0 Å². The summed E-state index contributed by atoms with van der Waals surface area (Å²) in [5.74, 6) is 0.155. The van der Waals surface area contributed by atoms with E-state index in [1.807, 2.05) is 6.92 Å². The highest BCUT2D eigenvalue weighted by Crippen LogP contribution is 2.67. The van der Waals surface area contributed by atoms with Crippen molar-refractivity contribution < 1.29 is 20.1 Å². The number of carbonyl (C=O) groups is 1.